The Bertz CT molecular complexity index is 270. The van der Waals surface area contributed by atoms with E-state index in [-0.39, 0.29) is 0 Å². The molecule has 0 radical (unpaired) electrons. The molecule has 1 saturated carbocycles. The molecule has 1 saturated heterocycles. The van der Waals surface area contributed by atoms with Gasteiger partial charge in [-0.2, -0.15) is 0 Å². The normalized spacial score (nSPS) is 37.8. The van der Waals surface area contributed by atoms with Crippen molar-refractivity contribution >= 4 is 0 Å². The first-order chi connectivity index (χ1) is 5.93. The van der Waals surface area contributed by atoms with E-state index < -0.39 is 0 Å². The molecular formula is C11H13N. The van der Waals surface area contributed by atoms with Crippen molar-refractivity contribution in [3.8, 4) is 0 Å². The third-order valence-electron chi connectivity index (χ3n) is 3.08. The smallest absolute Gasteiger partial charge is 0.0325 e. The van der Waals surface area contributed by atoms with Crippen LogP contribution in [-0.2, 0) is 0 Å². The highest BCUT2D eigenvalue weighted by molar-refractivity contribution is 5.22. The van der Waals surface area contributed by atoms with Gasteiger partial charge < -0.3 is 5.32 Å². The van der Waals surface area contributed by atoms with Crippen LogP contribution in [0.15, 0.2) is 30.3 Å². The van der Waals surface area contributed by atoms with Crippen LogP contribution in [0.3, 0.4) is 0 Å². The molecule has 0 spiro atoms. The van der Waals surface area contributed by atoms with Gasteiger partial charge in [0.1, 0.15) is 0 Å². The lowest BCUT2D eigenvalue weighted by atomic mass is 10.0. The Balaban J connectivity index is 1.82. The quantitative estimate of drug-likeness (QED) is 0.661. The van der Waals surface area contributed by atoms with E-state index in [2.05, 4.69) is 35.6 Å². The lowest BCUT2D eigenvalue weighted by Gasteiger charge is -2.12. The van der Waals surface area contributed by atoms with Gasteiger partial charge >= 0.3 is 0 Å². The number of benzene rings is 1. The molecule has 1 aliphatic heterocycles. The first-order valence-electron chi connectivity index (χ1n) is 4.74. The van der Waals surface area contributed by atoms with Crippen molar-refractivity contribution in [1.29, 1.82) is 0 Å². The monoisotopic (exact) mass is 159 g/mol. The Morgan fingerprint density at radius 2 is 1.92 bits per heavy atom. The molecule has 1 heteroatoms. The average Bonchev–Trinajstić information content (AvgIpc) is 2.75. The Morgan fingerprint density at radius 1 is 1.08 bits per heavy atom. The van der Waals surface area contributed by atoms with Gasteiger partial charge in [-0.25, -0.2) is 0 Å². The number of rotatable bonds is 1. The molecule has 3 atom stereocenters. The van der Waals surface area contributed by atoms with Crippen molar-refractivity contribution in [1.82, 2.24) is 5.32 Å². The van der Waals surface area contributed by atoms with Crippen molar-refractivity contribution in [2.75, 3.05) is 0 Å². The Kier molecular flexibility index (Phi) is 1.30. The Morgan fingerprint density at radius 3 is 2.58 bits per heavy atom. The Hall–Kier alpha value is -0.820. The van der Waals surface area contributed by atoms with Gasteiger partial charge in [0.2, 0.25) is 0 Å². The topological polar surface area (TPSA) is 12.0 Å². The second kappa shape index (κ2) is 2.33. The average molecular weight is 159 g/mol. The summed E-state index contributed by atoms with van der Waals surface area (Å²) in [6.07, 6.45) is 2.78. The summed E-state index contributed by atoms with van der Waals surface area (Å²) in [4.78, 5) is 0. The molecule has 0 bridgehead atoms. The molecule has 1 aromatic carbocycles. The minimum absolute atomic E-state index is 0.648. The van der Waals surface area contributed by atoms with Crippen LogP contribution in [-0.4, -0.2) is 6.04 Å². The van der Waals surface area contributed by atoms with E-state index in [1.807, 2.05) is 0 Å². The largest absolute Gasteiger partial charge is 0.307 e. The second-order valence-electron chi connectivity index (χ2n) is 3.97. The van der Waals surface area contributed by atoms with Crippen LogP contribution < -0.4 is 5.32 Å². The van der Waals surface area contributed by atoms with Gasteiger partial charge in [-0.05, 0) is 24.3 Å². The third-order valence-corrected chi connectivity index (χ3v) is 3.08. The number of nitrogens with one attached hydrogen (secondary N) is 1. The molecule has 3 unspecified atom stereocenters. The van der Waals surface area contributed by atoms with Gasteiger partial charge in [-0.1, -0.05) is 30.3 Å². The fraction of sp³-hybridized carbons (Fsp3) is 0.455. The van der Waals surface area contributed by atoms with Crippen molar-refractivity contribution in [2.24, 2.45) is 5.92 Å². The maximum absolute atomic E-state index is 3.64. The van der Waals surface area contributed by atoms with Gasteiger partial charge in [0.15, 0.2) is 0 Å². The van der Waals surface area contributed by atoms with Crippen LogP contribution in [0.5, 0.6) is 0 Å². The highest BCUT2D eigenvalue weighted by Crippen LogP contribution is 2.45. The minimum atomic E-state index is 0.648. The zero-order chi connectivity index (χ0) is 7.97. The van der Waals surface area contributed by atoms with Gasteiger partial charge in [0, 0.05) is 12.1 Å². The van der Waals surface area contributed by atoms with E-state index in [9.17, 15) is 0 Å². The van der Waals surface area contributed by atoms with E-state index in [4.69, 9.17) is 0 Å². The number of piperidine rings is 1. The number of hydrogen-bond donors (Lipinski definition) is 1. The molecule has 12 heavy (non-hydrogen) atoms. The second-order valence-corrected chi connectivity index (χ2v) is 3.97. The Labute approximate surface area is 72.8 Å². The van der Waals surface area contributed by atoms with E-state index in [0.29, 0.717) is 6.04 Å². The molecule has 2 aliphatic rings. The van der Waals surface area contributed by atoms with E-state index in [1.54, 1.807) is 0 Å². The van der Waals surface area contributed by atoms with Crippen LogP contribution in [0.2, 0.25) is 0 Å². The van der Waals surface area contributed by atoms with Crippen molar-refractivity contribution in [3.05, 3.63) is 35.9 Å². The highest BCUT2D eigenvalue weighted by Gasteiger charge is 2.45. The predicted octanol–water partition coefficient (Wildman–Crippen LogP) is 2.11. The fourth-order valence-electron chi connectivity index (χ4n) is 2.26. The molecule has 1 aromatic rings. The molecule has 1 nitrogen and oxygen atoms in total. The minimum Gasteiger partial charge on any atom is -0.307 e. The SMILES string of the molecule is c1ccc(C2CC3CC3N2)cc1. The third kappa shape index (κ3) is 0.969. The number of fused-ring (bicyclic) bond motifs is 1. The first-order valence-corrected chi connectivity index (χ1v) is 4.74. The van der Waals surface area contributed by atoms with Crippen molar-refractivity contribution in [3.63, 3.8) is 0 Å². The van der Waals surface area contributed by atoms with Crippen LogP contribution >= 0.6 is 0 Å². The summed E-state index contributed by atoms with van der Waals surface area (Å²) in [5, 5.41) is 3.64. The molecule has 1 aliphatic carbocycles. The zero-order valence-corrected chi connectivity index (χ0v) is 7.03. The van der Waals surface area contributed by atoms with Gasteiger partial charge in [0.25, 0.3) is 0 Å². The molecule has 3 rings (SSSR count). The summed E-state index contributed by atoms with van der Waals surface area (Å²) < 4.78 is 0. The predicted molar refractivity (Wildman–Crippen MR) is 48.8 cm³/mol. The summed E-state index contributed by atoms with van der Waals surface area (Å²) in [5.41, 5.74) is 1.46. The molecule has 1 heterocycles. The molecule has 0 aromatic heterocycles. The summed E-state index contributed by atoms with van der Waals surface area (Å²) >= 11 is 0. The fourth-order valence-corrected chi connectivity index (χ4v) is 2.26. The summed E-state index contributed by atoms with van der Waals surface area (Å²) in [5.74, 6) is 0.996. The highest BCUT2D eigenvalue weighted by atomic mass is 15.1. The van der Waals surface area contributed by atoms with Gasteiger partial charge in [0.05, 0.1) is 0 Å². The van der Waals surface area contributed by atoms with E-state index in [0.717, 1.165) is 12.0 Å². The first kappa shape index (κ1) is 6.67. The summed E-state index contributed by atoms with van der Waals surface area (Å²) in [6.45, 7) is 0. The van der Waals surface area contributed by atoms with Crippen LogP contribution in [0.25, 0.3) is 0 Å². The van der Waals surface area contributed by atoms with E-state index in [1.165, 1.54) is 18.4 Å². The van der Waals surface area contributed by atoms with Gasteiger partial charge in [-0.3, -0.25) is 0 Å². The van der Waals surface area contributed by atoms with Crippen LogP contribution in [0.4, 0.5) is 0 Å². The molecule has 0 amide bonds. The maximum atomic E-state index is 3.64. The zero-order valence-electron chi connectivity index (χ0n) is 7.03. The molecule has 62 valence electrons. The standard InChI is InChI=1S/C11H13N/c1-2-4-8(5-3-1)10-6-9-7-11(9)12-10/h1-5,9-12H,6-7H2. The lowest BCUT2D eigenvalue weighted by Crippen LogP contribution is -2.17. The maximum Gasteiger partial charge on any atom is 0.0325 e. The van der Waals surface area contributed by atoms with Crippen LogP contribution in [0.1, 0.15) is 24.4 Å². The number of hydrogen-bond acceptors (Lipinski definition) is 1. The summed E-state index contributed by atoms with van der Waals surface area (Å²) in [7, 11) is 0. The van der Waals surface area contributed by atoms with Crippen molar-refractivity contribution in [2.45, 2.75) is 24.9 Å². The molecule has 1 N–H and O–H groups in total. The van der Waals surface area contributed by atoms with Crippen LogP contribution in [0, 0.1) is 5.92 Å². The lowest BCUT2D eigenvalue weighted by molar-refractivity contribution is 0.568. The molecule has 2 fully saturated rings. The van der Waals surface area contributed by atoms with Gasteiger partial charge in [-0.15, -0.1) is 0 Å². The summed E-state index contributed by atoms with van der Waals surface area (Å²) in [6, 6.07) is 12.3. The van der Waals surface area contributed by atoms with E-state index >= 15 is 0 Å². The molecular weight excluding hydrogens is 146 g/mol. The van der Waals surface area contributed by atoms with Crippen molar-refractivity contribution < 1.29 is 0 Å².